The highest BCUT2D eigenvalue weighted by molar-refractivity contribution is 5.42. The first-order chi connectivity index (χ1) is 8.97. The maximum absolute atomic E-state index is 5.61. The SMILES string of the molecule is COc1cc(C)cc(C)c1CN(C)CC(C)CCN. The molecule has 2 N–H and O–H groups in total. The van der Waals surface area contributed by atoms with Crippen LogP contribution in [0.25, 0.3) is 0 Å². The van der Waals surface area contributed by atoms with Crippen LogP contribution in [0.15, 0.2) is 12.1 Å². The van der Waals surface area contributed by atoms with Gasteiger partial charge in [0.15, 0.2) is 0 Å². The minimum absolute atomic E-state index is 0.631. The average Bonchev–Trinajstić information content (AvgIpc) is 2.32. The van der Waals surface area contributed by atoms with E-state index >= 15 is 0 Å². The van der Waals surface area contributed by atoms with Crippen molar-refractivity contribution >= 4 is 0 Å². The molecule has 0 amide bonds. The second-order valence-corrected chi connectivity index (χ2v) is 5.64. The normalized spacial score (nSPS) is 12.8. The first kappa shape index (κ1) is 16.0. The summed E-state index contributed by atoms with van der Waals surface area (Å²) in [5.41, 5.74) is 9.44. The quantitative estimate of drug-likeness (QED) is 0.823. The van der Waals surface area contributed by atoms with E-state index in [-0.39, 0.29) is 0 Å². The number of ether oxygens (including phenoxy) is 1. The topological polar surface area (TPSA) is 38.5 Å². The zero-order chi connectivity index (χ0) is 14.4. The predicted octanol–water partition coefficient (Wildman–Crippen LogP) is 2.73. The Balaban J connectivity index is 2.76. The first-order valence-corrected chi connectivity index (χ1v) is 7.00. The zero-order valence-electron chi connectivity index (χ0n) is 13.0. The largest absolute Gasteiger partial charge is 0.496 e. The van der Waals surface area contributed by atoms with Gasteiger partial charge >= 0.3 is 0 Å². The molecule has 3 nitrogen and oxygen atoms in total. The Bertz CT molecular complexity index is 404. The van der Waals surface area contributed by atoms with E-state index < -0.39 is 0 Å². The summed E-state index contributed by atoms with van der Waals surface area (Å²) in [4.78, 5) is 2.35. The highest BCUT2D eigenvalue weighted by atomic mass is 16.5. The molecule has 0 saturated carbocycles. The molecule has 0 bridgehead atoms. The van der Waals surface area contributed by atoms with Gasteiger partial charge in [-0.25, -0.2) is 0 Å². The smallest absolute Gasteiger partial charge is 0.123 e. The van der Waals surface area contributed by atoms with E-state index in [0.717, 1.165) is 31.8 Å². The molecule has 19 heavy (non-hydrogen) atoms. The van der Waals surface area contributed by atoms with E-state index in [1.807, 2.05) is 0 Å². The fraction of sp³-hybridized carbons (Fsp3) is 0.625. The monoisotopic (exact) mass is 264 g/mol. The highest BCUT2D eigenvalue weighted by Gasteiger charge is 2.12. The second kappa shape index (κ2) is 7.51. The molecule has 0 aliphatic rings. The number of hydrogen-bond acceptors (Lipinski definition) is 3. The molecule has 1 unspecified atom stereocenters. The van der Waals surface area contributed by atoms with Crippen molar-refractivity contribution in [1.29, 1.82) is 0 Å². The molecule has 1 rings (SSSR count). The van der Waals surface area contributed by atoms with E-state index in [4.69, 9.17) is 10.5 Å². The third-order valence-electron chi connectivity index (χ3n) is 3.51. The lowest BCUT2D eigenvalue weighted by atomic mass is 10.0. The van der Waals surface area contributed by atoms with Gasteiger partial charge in [0.25, 0.3) is 0 Å². The summed E-state index contributed by atoms with van der Waals surface area (Å²) in [6, 6.07) is 4.33. The fourth-order valence-corrected chi connectivity index (χ4v) is 2.59. The number of methoxy groups -OCH3 is 1. The fourth-order valence-electron chi connectivity index (χ4n) is 2.59. The van der Waals surface area contributed by atoms with Crippen molar-refractivity contribution < 1.29 is 4.74 Å². The van der Waals surface area contributed by atoms with Gasteiger partial charge in [0, 0.05) is 18.7 Å². The van der Waals surface area contributed by atoms with Crippen LogP contribution in [0.1, 0.15) is 30.0 Å². The minimum atomic E-state index is 0.631. The lowest BCUT2D eigenvalue weighted by Gasteiger charge is -2.23. The molecule has 3 heteroatoms. The van der Waals surface area contributed by atoms with Gasteiger partial charge in [-0.2, -0.15) is 0 Å². The molecule has 1 aromatic rings. The van der Waals surface area contributed by atoms with E-state index in [9.17, 15) is 0 Å². The van der Waals surface area contributed by atoms with Gasteiger partial charge in [0.05, 0.1) is 7.11 Å². The number of nitrogens with two attached hydrogens (primary N) is 1. The number of benzene rings is 1. The molecular formula is C16H28N2O. The molecular weight excluding hydrogens is 236 g/mol. The summed E-state index contributed by atoms with van der Waals surface area (Å²) in [5, 5.41) is 0. The molecule has 0 aromatic heterocycles. The van der Waals surface area contributed by atoms with Crippen LogP contribution >= 0.6 is 0 Å². The average molecular weight is 264 g/mol. The van der Waals surface area contributed by atoms with Crippen molar-refractivity contribution in [3.63, 3.8) is 0 Å². The summed E-state index contributed by atoms with van der Waals surface area (Å²) in [6.07, 6.45) is 1.08. The summed E-state index contributed by atoms with van der Waals surface area (Å²) in [5.74, 6) is 1.63. The summed E-state index contributed by atoms with van der Waals surface area (Å²) in [7, 11) is 3.90. The lowest BCUT2D eigenvalue weighted by molar-refractivity contribution is 0.268. The summed E-state index contributed by atoms with van der Waals surface area (Å²) in [6.45, 7) is 9.26. The Labute approximate surface area is 117 Å². The minimum Gasteiger partial charge on any atom is -0.496 e. The third kappa shape index (κ3) is 4.84. The van der Waals surface area contributed by atoms with Gasteiger partial charge < -0.3 is 15.4 Å². The van der Waals surface area contributed by atoms with E-state index in [2.05, 4.69) is 44.9 Å². The number of rotatable bonds is 7. The van der Waals surface area contributed by atoms with Crippen LogP contribution in [-0.4, -0.2) is 32.1 Å². The van der Waals surface area contributed by atoms with Crippen molar-refractivity contribution in [2.75, 3.05) is 27.2 Å². The predicted molar refractivity (Wildman–Crippen MR) is 81.6 cm³/mol. The molecule has 1 atom stereocenters. The van der Waals surface area contributed by atoms with Crippen molar-refractivity contribution in [2.45, 2.75) is 33.7 Å². The van der Waals surface area contributed by atoms with Crippen LogP contribution in [0.2, 0.25) is 0 Å². The molecule has 1 aromatic carbocycles. The standard InChI is InChI=1S/C16H28N2O/c1-12(6-7-17)10-18(4)11-15-14(3)8-13(2)9-16(15)19-5/h8-9,12H,6-7,10-11,17H2,1-5H3. The Morgan fingerprint density at radius 3 is 2.58 bits per heavy atom. The maximum Gasteiger partial charge on any atom is 0.123 e. The van der Waals surface area contributed by atoms with Gasteiger partial charge in [-0.3, -0.25) is 0 Å². The summed E-state index contributed by atoms with van der Waals surface area (Å²) >= 11 is 0. The molecule has 0 saturated heterocycles. The van der Waals surface area contributed by atoms with Crippen molar-refractivity contribution in [2.24, 2.45) is 11.7 Å². The van der Waals surface area contributed by atoms with E-state index in [1.54, 1.807) is 7.11 Å². The van der Waals surface area contributed by atoms with Gasteiger partial charge in [-0.1, -0.05) is 13.0 Å². The zero-order valence-corrected chi connectivity index (χ0v) is 13.0. The lowest BCUT2D eigenvalue weighted by Crippen LogP contribution is -2.26. The Morgan fingerprint density at radius 1 is 1.32 bits per heavy atom. The van der Waals surface area contributed by atoms with Crippen molar-refractivity contribution in [3.05, 3.63) is 28.8 Å². The second-order valence-electron chi connectivity index (χ2n) is 5.64. The van der Waals surface area contributed by atoms with Crippen LogP contribution in [0.5, 0.6) is 5.75 Å². The summed E-state index contributed by atoms with van der Waals surface area (Å²) < 4.78 is 5.51. The number of hydrogen-bond donors (Lipinski definition) is 1. The highest BCUT2D eigenvalue weighted by Crippen LogP contribution is 2.25. The number of nitrogens with zero attached hydrogens (tertiary/aromatic N) is 1. The van der Waals surface area contributed by atoms with Crippen LogP contribution in [0.3, 0.4) is 0 Å². The molecule has 0 aliphatic heterocycles. The van der Waals surface area contributed by atoms with Crippen molar-refractivity contribution in [1.82, 2.24) is 4.90 Å². The molecule has 0 spiro atoms. The van der Waals surface area contributed by atoms with Crippen LogP contribution in [-0.2, 0) is 6.54 Å². The number of aryl methyl sites for hydroxylation is 2. The van der Waals surface area contributed by atoms with E-state index in [0.29, 0.717) is 5.92 Å². The molecule has 108 valence electrons. The Kier molecular flexibility index (Phi) is 6.32. The van der Waals surface area contributed by atoms with Gasteiger partial charge in [0.1, 0.15) is 5.75 Å². The van der Waals surface area contributed by atoms with Crippen LogP contribution < -0.4 is 10.5 Å². The molecule has 0 radical (unpaired) electrons. The van der Waals surface area contributed by atoms with E-state index in [1.165, 1.54) is 16.7 Å². The molecule has 0 heterocycles. The molecule has 0 aliphatic carbocycles. The van der Waals surface area contributed by atoms with Crippen LogP contribution in [0, 0.1) is 19.8 Å². The van der Waals surface area contributed by atoms with Gasteiger partial charge in [-0.15, -0.1) is 0 Å². The van der Waals surface area contributed by atoms with Gasteiger partial charge in [0.2, 0.25) is 0 Å². The maximum atomic E-state index is 5.61. The first-order valence-electron chi connectivity index (χ1n) is 7.00. The van der Waals surface area contributed by atoms with Crippen molar-refractivity contribution in [3.8, 4) is 5.75 Å². The van der Waals surface area contributed by atoms with Crippen LogP contribution in [0.4, 0.5) is 0 Å². The van der Waals surface area contributed by atoms with Gasteiger partial charge in [-0.05, 0) is 57.0 Å². The Morgan fingerprint density at radius 2 is 2.00 bits per heavy atom. The molecule has 0 fully saturated rings. The third-order valence-corrected chi connectivity index (χ3v) is 3.51. The Hall–Kier alpha value is -1.06.